The molecule has 0 radical (unpaired) electrons. The Balaban J connectivity index is 2.06. The minimum absolute atomic E-state index is 0.0888. The van der Waals surface area contributed by atoms with Gasteiger partial charge in [0.1, 0.15) is 0 Å². The molecule has 9 heteroatoms. The summed E-state index contributed by atoms with van der Waals surface area (Å²) in [4.78, 5) is 14.8. The van der Waals surface area contributed by atoms with Crippen LogP contribution in [0.1, 0.15) is 49.7 Å². The number of aromatic amines is 1. The summed E-state index contributed by atoms with van der Waals surface area (Å²) in [5.74, 6) is 0.174. The van der Waals surface area contributed by atoms with Crippen molar-refractivity contribution in [3.05, 3.63) is 49.1 Å². The molecule has 1 amide bonds. The fourth-order valence-electron chi connectivity index (χ4n) is 3.76. The molecule has 25 heavy (non-hydrogen) atoms. The standard InChI is InChI=1S/C16H18N6OS2/c1-8(17)7-16(15-19-21-22-20-15)9-4-5-24-11(9)2-3-12-10(16)6-13(25-12)14(18)23/h4-6,8H,2-3,7,17H2,1H3,(H2,18,23)(H,19,20,21,22)/t8-,16?/m1/s1. The number of thiophene rings is 2. The van der Waals surface area contributed by atoms with E-state index in [1.165, 1.54) is 16.2 Å². The summed E-state index contributed by atoms with van der Waals surface area (Å²) in [5, 5.41) is 17.1. The summed E-state index contributed by atoms with van der Waals surface area (Å²) >= 11 is 3.20. The third-order valence-corrected chi connectivity index (χ3v) is 6.84. The van der Waals surface area contributed by atoms with E-state index >= 15 is 0 Å². The van der Waals surface area contributed by atoms with E-state index in [0.29, 0.717) is 17.1 Å². The van der Waals surface area contributed by atoms with Crippen molar-refractivity contribution in [2.45, 2.75) is 37.6 Å². The van der Waals surface area contributed by atoms with Gasteiger partial charge in [-0.15, -0.1) is 32.9 Å². The molecule has 1 aliphatic carbocycles. The minimum atomic E-state index is -0.619. The van der Waals surface area contributed by atoms with Gasteiger partial charge in [0.2, 0.25) is 0 Å². The smallest absolute Gasteiger partial charge is 0.258 e. The molecule has 3 aromatic rings. The highest BCUT2D eigenvalue weighted by molar-refractivity contribution is 7.14. The monoisotopic (exact) mass is 374 g/mol. The zero-order valence-electron chi connectivity index (χ0n) is 13.7. The van der Waals surface area contributed by atoms with Crippen LogP contribution in [0.5, 0.6) is 0 Å². The second-order valence-corrected chi connectivity index (χ2v) is 8.53. The van der Waals surface area contributed by atoms with Gasteiger partial charge in [-0.05, 0) is 54.8 Å². The maximum Gasteiger partial charge on any atom is 0.258 e. The van der Waals surface area contributed by atoms with Crippen molar-refractivity contribution in [1.29, 1.82) is 0 Å². The van der Waals surface area contributed by atoms with Crippen molar-refractivity contribution >= 4 is 28.6 Å². The number of aromatic nitrogens is 4. The molecule has 0 aromatic carbocycles. The lowest BCUT2D eigenvalue weighted by atomic mass is 9.70. The lowest BCUT2D eigenvalue weighted by Gasteiger charge is -2.32. The van der Waals surface area contributed by atoms with Crippen molar-refractivity contribution < 1.29 is 4.79 Å². The van der Waals surface area contributed by atoms with Gasteiger partial charge in [0.05, 0.1) is 10.3 Å². The van der Waals surface area contributed by atoms with Gasteiger partial charge in [-0.3, -0.25) is 4.79 Å². The average molecular weight is 374 g/mol. The molecule has 0 saturated carbocycles. The molecule has 3 heterocycles. The lowest BCUT2D eigenvalue weighted by molar-refractivity contribution is 0.100. The molecule has 0 bridgehead atoms. The summed E-state index contributed by atoms with van der Waals surface area (Å²) in [5.41, 5.74) is 13.4. The Kier molecular flexibility index (Phi) is 3.94. The van der Waals surface area contributed by atoms with E-state index in [-0.39, 0.29) is 6.04 Å². The van der Waals surface area contributed by atoms with Crippen molar-refractivity contribution in [1.82, 2.24) is 20.6 Å². The number of rotatable bonds is 4. The quantitative estimate of drug-likeness (QED) is 0.640. The van der Waals surface area contributed by atoms with Gasteiger partial charge in [-0.2, -0.15) is 5.21 Å². The van der Waals surface area contributed by atoms with Crippen molar-refractivity contribution in [2.75, 3.05) is 0 Å². The van der Waals surface area contributed by atoms with E-state index < -0.39 is 11.3 Å². The van der Waals surface area contributed by atoms with Crippen LogP contribution in [-0.4, -0.2) is 32.6 Å². The van der Waals surface area contributed by atoms with Crippen LogP contribution in [0, 0.1) is 0 Å². The maximum atomic E-state index is 11.8. The first-order valence-corrected chi connectivity index (χ1v) is 9.71. The van der Waals surface area contributed by atoms with Crippen LogP contribution < -0.4 is 11.5 Å². The van der Waals surface area contributed by atoms with E-state index in [2.05, 4.69) is 32.1 Å². The number of amides is 1. The van der Waals surface area contributed by atoms with Gasteiger partial charge in [-0.25, -0.2) is 0 Å². The largest absolute Gasteiger partial charge is 0.365 e. The SMILES string of the molecule is C[C@@H](N)CC1(c2nn[nH]n2)c2ccsc2CCc2sc(C(N)=O)cc21. The van der Waals surface area contributed by atoms with Crippen LogP contribution >= 0.6 is 22.7 Å². The van der Waals surface area contributed by atoms with Crippen molar-refractivity contribution in [3.63, 3.8) is 0 Å². The van der Waals surface area contributed by atoms with Gasteiger partial charge in [0.15, 0.2) is 5.82 Å². The van der Waals surface area contributed by atoms with Crippen molar-refractivity contribution in [2.24, 2.45) is 11.5 Å². The van der Waals surface area contributed by atoms with Gasteiger partial charge in [0.25, 0.3) is 5.91 Å². The van der Waals surface area contributed by atoms with Crippen LogP contribution in [0.25, 0.3) is 0 Å². The number of tetrazole rings is 1. The minimum Gasteiger partial charge on any atom is -0.365 e. The molecule has 5 N–H and O–H groups in total. The fourth-order valence-corrected chi connectivity index (χ4v) is 5.81. The molecule has 2 atom stereocenters. The first-order valence-electron chi connectivity index (χ1n) is 8.01. The number of hydrogen-bond donors (Lipinski definition) is 3. The Hall–Kier alpha value is -2.10. The van der Waals surface area contributed by atoms with Crippen LogP contribution in [0.3, 0.4) is 0 Å². The van der Waals surface area contributed by atoms with Crippen LogP contribution in [0.4, 0.5) is 0 Å². The number of nitrogens with zero attached hydrogens (tertiary/aromatic N) is 3. The Morgan fingerprint density at radius 2 is 2.20 bits per heavy atom. The number of hydrogen-bond acceptors (Lipinski definition) is 7. The highest BCUT2D eigenvalue weighted by Crippen LogP contribution is 2.49. The van der Waals surface area contributed by atoms with Crippen LogP contribution in [0.15, 0.2) is 17.5 Å². The number of carbonyl (C=O) groups excluding carboxylic acids is 1. The number of nitrogens with two attached hydrogens (primary N) is 2. The third-order valence-electron chi connectivity index (χ3n) is 4.65. The van der Waals surface area contributed by atoms with Crippen LogP contribution in [-0.2, 0) is 18.3 Å². The zero-order chi connectivity index (χ0) is 17.6. The molecular formula is C16H18N6OS2. The van der Waals surface area contributed by atoms with E-state index in [9.17, 15) is 4.79 Å². The van der Waals surface area contributed by atoms with Gasteiger partial charge < -0.3 is 11.5 Å². The van der Waals surface area contributed by atoms with Gasteiger partial charge in [-0.1, -0.05) is 5.21 Å². The highest BCUT2D eigenvalue weighted by Gasteiger charge is 2.46. The molecular weight excluding hydrogens is 356 g/mol. The Labute approximate surface area is 152 Å². The van der Waals surface area contributed by atoms with Crippen LogP contribution in [0.2, 0.25) is 0 Å². The number of primary amides is 1. The normalized spacial score (nSPS) is 20.6. The van der Waals surface area contributed by atoms with E-state index in [4.69, 9.17) is 11.5 Å². The molecule has 0 aliphatic heterocycles. The maximum absolute atomic E-state index is 11.8. The first kappa shape index (κ1) is 16.4. The van der Waals surface area contributed by atoms with E-state index in [1.54, 1.807) is 11.3 Å². The lowest BCUT2D eigenvalue weighted by Crippen LogP contribution is -2.37. The number of H-pyrrole nitrogens is 1. The van der Waals surface area contributed by atoms with E-state index in [0.717, 1.165) is 28.8 Å². The van der Waals surface area contributed by atoms with Crippen molar-refractivity contribution in [3.8, 4) is 0 Å². The van der Waals surface area contributed by atoms with E-state index in [1.807, 2.05) is 13.0 Å². The average Bonchev–Trinajstić information content (AvgIpc) is 3.29. The molecule has 0 spiro atoms. The molecule has 1 unspecified atom stereocenters. The molecule has 130 valence electrons. The third kappa shape index (κ3) is 2.50. The molecule has 0 saturated heterocycles. The van der Waals surface area contributed by atoms with Gasteiger partial charge >= 0.3 is 0 Å². The predicted molar refractivity (Wildman–Crippen MR) is 96.9 cm³/mol. The summed E-state index contributed by atoms with van der Waals surface area (Å²) < 4.78 is 0. The topological polar surface area (TPSA) is 124 Å². The molecule has 0 fully saturated rings. The zero-order valence-corrected chi connectivity index (χ0v) is 15.3. The number of carbonyl (C=O) groups is 1. The number of fused-ring (bicyclic) bond motifs is 2. The summed E-state index contributed by atoms with van der Waals surface area (Å²) in [6.45, 7) is 1.97. The summed E-state index contributed by atoms with van der Waals surface area (Å²) in [7, 11) is 0. The Morgan fingerprint density at radius 1 is 1.40 bits per heavy atom. The Bertz CT molecular complexity index is 913. The number of nitrogens with one attached hydrogen (secondary N) is 1. The van der Waals surface area contributed by atoms with Gasteiger partial charge in [0, 0.05) is 15.8 Å². The molecule has 3 aromatic heterocycles. The molecule has 7 nitrogen and oxygen atoms in total. The summed E-state index contributed by atoms with van der Waals surface area (Å²) in [6, 6.07) is 3.93. The highest BCUT2D eigenvalue weighted by atomic mass is 32.1. The Morgan fingerprint density at radius 3 is 2.88 bits per heavy atom. The second-order valence-electron chi connectivity index (χ2n) is 6.39. The summed E-state index contributed by atoms with van der Waals surface area (Å²) in [6.07, 6.45) is 2.40. The predicted octanol–water partition coefficient (Wildman–Crippen LogP) is 1.59. The first-order chi connectivity index (χ1) is 12.0. The second kappa shape index (κ2) is 6.01. The fraction of sp³-hybridized carbons (Fsp3) is 0.375. The molecule has 1 aliphatic rings. The molecule has 4 rings (SSSR count). The number of aryl methyl sites for hydroxylation is 2.